The number of hydrogen-bond donors (Lipinski definition) is 1. The van der Waals surface area contributed by atoms with E-state index in [0.717, 1.165) is 35.8 Å². The predicted molar refractivity (Wildman–Crippen MR) is 81.3 cm³/mol. The van der Waals surface area contributed by atoms with Crippen molar-refractivity contribution in [2.24, 2.45) is 4.99 Å². The Morgan fingerprint density at radius 1 is 1.32 bits per heavy atom. The molecule has 0 aliphatic carbocycles. The Kier molecular flexibility index (Phi) is 5.28. The number of thioether (sulfide) groups is 1. The van der Waals surface area contributed by atoms with E-state index in [1.54, 1.807) is 11.8 Å². The lowest BCUT2D eigenvalue weighted by atomic mass is 10.2. The minimum Gasteiger partial charge on any atom is -0.494 e. The SMILES string of the molecule is CCCCOc1ccc(C2=N[C@@H](CO)[C@H](C)S2)cc1. The fourth-order valence-corrected chi connectivity index (χ4v) is 3.03. The van der Waals surface area contributed by atoms with Gasteiger partial charge in [0.2, 0.25) is 0 Å². The van der Waals surface area contributed by atoms with Crippen LogP contribution in [-0.4, -0.2) is 34.7 Å². The third-order valence-corrected chi connectivity index (χ3v) is 4.43. The first-order valence-electron chi connectivity index (χ1n) is 6.83. The topological polar surface area (TPSA) is 41.8 Å². The summed E-state index contributed by atoms with van der Waals surface area (Å²) in [6, 6.07) is 8.09. The van der Waals surface area contributed by atoms with Crippen molar-refractivity contribution in [3.8, 4) is 5.75 Å². The van der Waals surface area contributed by atoms with E-state index < -0.39 is 0 Å². The molecule has 1 aromatic rings. The first-order chi connectivity index (χ1) is 9.24. The van der Waals surface area contributed by atoms with Crippen LogP contribution >= 0.6 is 11.8 Å². The number of benzene rings is 1. The van der Waals surface area contributed by atoms with Gasteiger partial charge in [0, 0.05) is 10.8 Å². The second-order valence-electron chi connectivity index (χ2n) is 4.73. The molecule has 2 rings (SSSR count). The van der Waals surface area contributed by atoms with Gasteiger partial charge in [-0.1, -0.05) is 20.3 Å². The van der Waals surface area contributed by atoms with Crippen LogP contribution in [0, 0.1) is 0 Å². The van der Waals surface area contributed by atoms with Gasteiger partial charge in [-0.25, -0.2) is 0 Å². The molecule has 104 valence electrons. The van der Waals surface area contributed by atoms with Gasteiger partial charge in [0.15, 0.2) is 0 Å². The summed E-state index contributed by atoms with van der Waals surface area (Å²) in [5, 5.41) is 10.6. The fraction of sp³-hybridized carbons (Fsp3) is 0.533. The molecule has 0 spiro atoms. The molecule has 1 N–H and O–H groups in total. The Morgan fingerprint density at radius 2 is 2.05 bits per heavy atom. The van der Waals surface area contributed by atoms with Crippen LogP contribution in [0.5, 0.6) is 5.75 Å². The molecule has 0 amide bonds. The van der Waals surface area contributed by atoms with Crippen molar-refractivity contribution in [3.63, 3.8) is 0 Å². The summed E-state index contributed by atoms with van der Waals surface area (Å²) in [7, 11) is 0. The maximum absolute atomic E-state index is 9.23. The van der Waals surface area contributed by atoms with E-state index >= 15 is 0 Å². The molecule has 0 bridgehead atoms. The number of unbranched alkanes of at least 4 members (excludes halogenated alkanes) is 1. The third-order valence-electron chi connectivity index (χ3n) is 3.18. The van der Waals surface area contributed by atoms with Gasteiger partial charge in [0.1, 0.15) is 5.75 Å². The highest BCUT2D eigenvalue weighted by Gasteiger charge is 2.26. The number of hydrogen-bond acceptors (Lipinski definition) is 4. The van der Waals surface area contributed by atoms with Gasteiger partial charge in [0.05, 0.1) is 24.3 Å². The minimum atomic E-state index is 0.0282. The molecule has 0 saturated carbocycles. The normalized spacial score (nSPS) is 22.4. The van der Waals surface area contributed by atoms with Crippen molar-refractivity contribution in [1.29, 1.82) is 0 Å². The predicted octanol–water partition coefficient (Wildman–Crippen LogP) is 3.11. The summed E-state index contributed by atoms with van der Waals surface area (Å²) < 4.78 is 5.64. The zero-order valence-corrected chi connectivity index (χ0v) is 12.3. The largest absolute Gasteiger partial charge is 0.494 e. The van der Waals surface area contributed by atoms with Gasteiger partial charge in [-0.15, -0.1) is 11.8 Å². The zero-order chi connectivity index (χ0) is 13.7. The van der Waals surface area contributed by atoms with Gasteiger partial charge >= 0.3 is 0 Å². The van der Waals surface area contributed by atoms with E-state index in [1.807, 2.05) is 24.3 Å². The number of aliphatic hydroxyl groups is 1. The van der Waals surface area contributed by atoms with E-state index in [-0.39, 0.29) is 12.6 Å². The van der Waals surface area contributed by atoms with Gasteiger partial charge in [0.25, 0.3) is 0 Å². The molecule has 1 heterocycles. The van der Waals surface area contributed by atoms with Crippen molar-refractivity contribution in [2.75, 3.05) is 13.2 Å². The quantitative estimate of drug-likeness (QED) is 0.814. The van der Waals surface area contributed by atoms with E-state index in [1.165, 1.54) is 0 Å². The zero-order valence-electron chi connectivity index (χ0n) is 11.5. The highest BCUT2D eigenvalue weighted by Crippen LogP contribution is 2.30. The standard InChI is InChI=1S/C15H21NO2S/c1-3-4-9-18-13-7-5-12(6-8-13)15-16-14(10-17)11(2)19-15/h5-8,11,14,17H,3-4,9-10H2,1-2H3/t11-,14-/m0/s1. The average Bonchev–Trinajstić information content (AvgIpc) is 2.81. The first kappa shape index (κ1) is 14.4. The molecule has 1 aromatic carbocycles. The fourth-order valence-electron chi connectivity index (χ4n) is 1.90. The highest BCUT2D eigenvalue weighted by molar-refractivity contribution is 8.15. The maximum Gasteiger partial charge on any atom is 0.119 e. The van der Waals surface area contributed by atoms with E-state index in [0.29, 0.717) is 5.25 Å². The molecular formula is C15H21NO2S. The van der Waals surface area contributed by atoms with Crippen LogP contribution in [0.2, 0.25) is 0 Å². The molecule has 4 heteroatoms. The highest BCUT2D eigenvalue weighted by atomic mass is 32.2. The number of aliphatic hydroxyl groups excluding tert-OH is 1. The van der Waals surface area contributed by atoms with Crippen LogP contribution < -0.4 is 4.74 Å². The van der Waals surface area contributed by atoms with Gasteiger partial charge in [-0.2, -0.15) is 0 Å². The maximum atomic E-state index is 9.23. The first-order valence-corrected chi connectivity index (χ1v) is 7.71. The Bertz CT molecular complexity index is 430. The molecule has 0 radical (unpaired) electrons. The van der Waals surface area contributed by atoms with Crippen LogP contribution in [0.25, 0.3) is 0 Å². The number of aliphatic imine (C=N–C) groups is 1. The second-order valence-corrected chi connectivity index (χ2v) is 6.10. The molecule has 0 unspecified atom stereocenters. The molecule has 1 aliphatic heterocycles. The molecule has 0 fully saturated rings. The van der Waals surface area contributed by atoms with Gasteiger partial charge < -0.3 is 9.84 Å². The molecule has 0 saturated heterocycles. The van der Waals surface area contributed by atoms with Crippen LogP contribution in [-0.2, 0) is 0 Å². The number of ether oxygens (including phenoxy) is 1. The van der Waals surface area contributed by atoms with E-state index in [2.05, 4.69) is 18.8 Å². The van der Waals surface area contributed by atoms with Crippen LogP contribution in [0.4, 0.5) is 0 Å². The number of nitrogens with zero attached hydrogens (tertiary/aromatic N) is 1. The summed E-state index contributed by atoms with van der Waals surface area (Å²) in [5.74, 6) is 0.910. The van der Waals surface area contributed by atoms with Crippen molar-refractivity contribution in [3.05, 3.63) is 29.8 Å². The summed E-state index contributed by atoms with van der Waals surface area (Å²) in [6.07, 6.45) is 2.23. The Morgan fingerprint density at radius 3 is 2.63 bits per heavy atom. The molecule has 0 aromatic heterocycles. The number of rotatable bonds is 6. The molecule has 19 heavy (non-hydrogen) atoms. The Hall–Kier alpha value is -1.00. The van der Waals surface area contributed by atoms with E-state index in [9.17, 15) is 5.11 Å². The lowest BCUT2D eigenvalue weighted by Crippen LogP contribution is -2.17. The van der Waals surface area contributed by atoms with Crippen LogP contribution in [0.1, 0.15) is 32.3 Å². The average molecular weight is 279 g/mol. The molecule has 1 aliphatic rings. The third kappa shape index (κ3) is 3.74. The second kappa shape index (κ2) is 6.96. The van der Waals surface area contributed by atoms with E-state index in [4.69, 9.17) is 4.74 Å². The molecule has 3 nitrogen and oxygen atoms in total. The van der Waals surface area contributed by atoms with Crippen molar-refractivity contribution >= 4 is 16.8 Å². The summed E-state index contributed by atoms with van der Waals surface area (Å²) in [4.78, 5) is 4.55. The summed E-state index contributed by atoms with van der Waals surface area (Å²) >= 11 is 1.73. The van der Waals surface area contributed by atoms with Crippen LogP contribution in [0.3, 0.4) is 0 Å². The lowest BCUT2D eigenvalue weighted by Gasteiger charge is -2.07. The monoisotopic (exact) mass is 279 g/mol. The Labute approximate surface area is 119 Å². The van der Waals surface area contributed by atoms with Crippen LogP contribution in [0.15, 0.2) is 29.3 Å². The lowest BCUT2D eigenvalue weighted by molar-refractivity contribution is 0.268. The Balaban J connectivity index is 1.99. The summed E-state index contributed by atoms with van der Waals surface area (Å²) in [6.45, 7) is 5.15. The van der Waals surface area contributed by atoms with Gasteiger partial charge in [-0.05, 0) is 30.7 Å². The molecule has 2 atom stereocenters. The van der Waals surface area contributed by atoms with Crippen molar-refractivity contribution in [1.82, 2.24) is 0 Å². The molecular weight excluding hydrogens is 258 g/mol. The summed E-state index contributed by atoms with van der Waals surface area (Å²) in [5.41, 5.74) is 1.11. The smallest absolute Gasteiger partial charge is 0.119 e. The van der Waals surface area contributed by atoms with Crippen molar-refractivity contribution < 1.29 is 9.84 Å². The minimum absolute atomic E-state index is 0.0282. The van der Waals surface area contributed by atoms with Crippen molar-refractivity contribution in [2.45, 2.75) is 38.0 Å². The van der Waals surface area contributed by atoms with Gasteiger partial charge in [-0.3, -0.25) is 4.99 Å².